The van der Waals surface area contributed by atoms with Gasteiger partial charge in [-0.15, -0.1) is 0 Å². The Morgan fingerprint density at radius 3 is 2.68 bits per heavy atom. The first-order valence-electron chi connectivity index (χ1n) is 5.99. The van der Waals surface area contributed by atoms with Gasteiger partial charge in [-0.3, -0.25) is 4.79 Å². The second kappa shape index (κ2) is 6.54. The molecule has 2 rings (SSSR count). The summed E-state index contributed by atoms with van der Waals surface area (Å²) in [6.45, 7) is 0.530. The van der Waals surface area contributed by atoms with E-state index in [2.05, 4.69) is 4.98 Å². The summed E-state index contributed by atoms with van der Waals surface area (Å²) in [5.74, 6) is 1.06. The van der Waals surface area contributed by atoms with Crippen LogP contribution in [0.4, 0.5) is 0 Å². The summed E-state index contributed by atoms with van der Waals surface area (Å²) in [5, 5.41) is 0. The van der Waals surface area contributed by atoms with Crippen LogP contribution in [0.2, 0.25) is 0 Å². The average Bonchev–Trinajstić information content (AvgIpc) is 2.48. The van der Waals surface area contributed by atoms with Gasteiger partial charge in [0.05, 0.1) is 19.9 Å². The van der Waals surface area contributed by atoms with Gasteiger partial charge in [0.2, 0.25) is 0 Å². The lowest BCUT2D eigenvalue weighted by molar-refractivity contribution is 0.111. The average molecular weight is 257 g/mol. The highest BCUT2D eigenvalue weighted by molar-refractivity contribution is 5.73. The quantitative estimate of drug-likeness (QED) is 0.746. The third-order valence-electron chi connectivity index (χ3n) is 2.68. The van der Waals surface area contributed by atoms with E-state index < -0.39 is 0 Å². The van der Waals surface area contributed by atoms with Crippen LogP contribution in [0.5, 0.6) is 11.5 Å². The number of nitrogens with zero attached hydrogens (tertiary/aromatic N) is 1. The van der Waals surface area contributed by atoms with Crippen molar-refractivity contribution in [3.05, 3.63) is 53.9 Å². The molecule has 0 aliphatic rings. The molecular formula is C15H15NO3. The molecule has 1 aromatic carbocycles. The van der Waals surface area contributed by atoms with Crippen LogP contribution in [0.15, 0.2) is 42.6 Å². The molecular weight excluding hydrogens is 242 g/mol. The molecule has 1 heterocycles. The molecule has 19 heavy (non-hydrogen) atoms. The molecule has 0 aliphatic heterocycles. The van der Waals surface area contributed by atoms with E-state index in [4.69, 9.17) is 9.47 Å². The highest BCUT2D eigenvalue weighted by atomic mass is 16.5. The van der Waals surface area contributed by atoms with Gasteiger partial charge in [-0.2, -0.15) is 0 Å². The van der Waals surface area contributed by atoms with E-state index in [1.807, 2.05) is 30.3 Å². The smallest absolute Gasteiger partial charge is 0.179 e. The van der Waals surface area contributed by atoms with Crippen LogP contribution in [-0.4, -0.2) is 25.0 Å². The lowest BCUT2D eigenvalue weighted by Crippen LogP contribution is -2.03. The molecule has 4 heteroatoms. The second-order valence-corrected chi connectivity index (χ2v) is 3.96. The third-order valence-corrected chi connectivity index (χ3v) is 2.68. The fraction of sp³-hybridized carbons (Fsp3) is 0.200. The molecule has 0 unspecified atom stereocenters. The number of ether oxygens (including phenoxy) is 2. The molecule has 0 N–H and O–H groups in total. The van der Waals surface area contributed by atoms with Gasteiger partial charge < -0.3 is 9.47 Å². The molecule has 2 aromatic rings. The van der Waals surface area contributed by atoms with Gasteiger partial charge in [-0.05, 0) is 5.56 Å². The number of hydrogen-bond acceptors (Lipinski definition) is 4. The molecule has 4 nitrogen and oxygen atoms in total. The van der Waals surface area contributed by atoms with Crippen molar-refractivity contribution >= 4 is 6.29 Å². The summed E-state index contributed by atoms with van der Waals surface area (Å²) >= 11 is 0. The minimum absolute atomic E-state index is 0.326. The number of rotatable bonds is 6. The summed E-state index contributed by atoms with van der Waals surface area (Å²) in [4.78, 5) is 14.6. The standard InChI is InChI=1S/C15H15NO3/c1-18-14-9-13(11-17)16-10-15(14)19-8-7-12-5-3-2-4-6-12/h2-6,9-11H,7-8H2,1H3. The van der Waals surface area contributed by atoms with Crippen molar-refractivity contribution in [3.8, 4) is 11.5 Å². The van der Waals surface area contributed by atoms with E-state index in [-0.39, 0.29) is 0 Å². The number of hydrogen-bond donors (Lipinski definition) is 0. The first-order valence-corrected chi connectivity index (χ1v) is 5.99. The number of carbonyl (C=O) groups excluding carboxylic acids is 1. The topological polar surface area (TPSA) is 48.4 Å². The zero-order valence-electron chi connectivity index (χ0n) is 10.7. The van der Waals surface area contributed by atoms with Crippen LogP contribution in [0, 0.1) is 0 Å². The highest BCUT2D eigenvalue weighted by Gasteiger charge is 2.06. The van der Waals surface area contributed by atoms with Crippen molar-refractivity contribution < 1.29 is 14.3 Å². The van der Waals surface area contributed by atoms with E-state index in [1.165, 1.54) is 18.9 Å². The SMILES string of the molecule is COc1cc(C=O)ncc1OCCc1ccccc1. The zero-order valence-corrected chi connectivity index (χ0v) is 10.7. The Kier molecular flexibility index (Phi) is 4.50. The number of methoxy groups -OCH3 is 1. The lowest BCUT2D eigenvalue weighted by atomic mass is 10.2. The molecule has 0 atom stereocenters. The Balaban J connectivity index is 1.97. The van der Waals surface area contributed by atoms with Crippen LogP contribution in [-0.2, 0) is 6.42 Å². The summed E-state index contributed by atoms with van der Waals surface area (Å²) in [7, 11) is 1.54. The summed E-state index contributed by atoms with van der Waals surface area (Å²) < 4.78 is 10.8. The van der Waals surface area contributed by atoms with Gasteiger partial charge in [0.15, 0.2) is 17.8 Å². The Hall–Kier alpha value is -2.36. The minimum Gasteiger partial charge on any atom is -0.493 e. The van der Waals surface area contributed by atoms with E-state index in [0.717, 1.165) is 6.42 Å². The van der Waals surface area contributed by atoms with Crippen molar-refractivity contribution in [2.75, 3.05) is 13.7 Å². The molecule has 0 saturated carbocycles. The monoisotopic (exact) mass is 257 g/mol. The first kappa shape index (κ1) is 13.1. The summed E-state index contributed by atoms with van der Waals surface area (Å²) in [6.07, 6.45) is 2.99. The van der Waals surface area contributed by atoms with Crippen LogP contribution in [0.3, 0.4) is 0 Å². The van der Waals surface area contributed by atoms with Crippen molar-refractivity contribution in [1.82, 2.24) is 4.98 Å². The maximum atomic E-state index is 10.6. The van der Waals surface area contributed by atoms with E-state index in [1.54, 1.807) is 6.07 Å². The van der Waals surface area contributed by atoms with Crippen molar-refractivity contribution in [1.29, 1.82) is 0 Å². The maximum Gasteiger partial charge on any atom is 0.179 e. The fourth-order valence-corrected chi connectivity index (χ4v) is 1.70. The lowest BCUT2D eigenvalue weighted by Gasteiger charge is -2.10. The van der Waals surface area contributed by atoms with Crippen LogP contribution in [0.1, 0.15) is 16.1 Å². The predicted octanol–water partition coefficient (Wildman–Crippen LogP) is 2.52. The summed E-state index contributed by atoms with van der Waals surface area (Å²) in [5.41, 5.74) is 1.53. The van der Waals surface area contributed by atoms with Crippen molar-refractivity contribution in [2.45, 2.75) is 6.42 Å². The van der Waals surface area contributed by atoms with Crippen molar-refractivity contribution in [2.24, 2.45) is 0 Å². The number of benzene rings is 1. The maximum absolute atomic E-state index is 10.6. The molecule has 0 radical (unpaired) electrons. The van der Waals surface area contributed by atoms with Gasteiger partial charge in [-0.1, -0.05) is 30.3 Å². The molecule has 1 aromatic heterocycles. The molecule has 0 bridgehead atoms. The van der Waals surface area contributed by atoms with E-state index in [9.17, 15) is 4.79 Å². The van der Waals surface area contributed by atoms with Crippen LogP contribution in [0.25, 0.3) is 0 Å². The summed E-state index contributed by atoms with van der Waals surface area (Å²) in [6, 6.07) is 11.6. The van der Waals surface area contributed by atoms with E-state index >= 15 is 0 Å². The third kappa shape index (κ3) is 3.55. The van der Waals surface area contributed by atoms with Gasteiger partial charge in [0.25, 0.3) is 0 Å². The van der Waals surface area contributed by atoms with Crippen LogP contribution < -0.4 is 9.47 Å². The number of aromatic nitrogens is 1. The zero-order chi connectivity index (χ0) is 13.5. The molecule has 0 amide bonds. The first-order chi connectivity index (χ1) is 9.33. The Morgan fingerprint density at radius 1 is 1.21 bits per heavy atom. The minimum atomic E-state index is 0.326. The molecule has 0 fully saturated rings. The van der Waals surface area contributed by atoms with E-state index in [0.29, 0.717) is 30.1 Å². The van der Waals surface area contributed by atoms with Gasteiger partial charge in [0, 0.05) is 12.5 Å². The Bertz CT molecular complexity index is 540. The normalized spacial score (nSPS) is 9.95. The predicted molar refractivity (Wildman–Crippen MR) is 71.8 cm³/mol. The largest absolute Gasteiger partial charge is 0.493 e. The van der Waals surface area contributed by atoms with Gasteiger partial charge in [0.1, 0.15) is 5.69 Å². The molecule has 98 valence electrons. The molecule has 0 aliphatic carbocycles. The van der Waals surface area contributed by atoms with Crippen LogP contribution >= 0.6 is 0 Å². The highest BCUT2D eigenvalue weighted by Crippen LogP contribution is 2.26. The molecule has 0 spiro atoms. The number of pyridine rings is 1. The second-order valence-electron chi connectivity index (χ2n) is 3.96. The Labute approximate surface area is 112 Å². The fourth-order valence-electron chi connectivity index (χ4n) is 1.70. The van der Waals surface area contributed by atoms with Gasteiger partial charge in [-0.25, -0.2) is 4.98 Å². The number of aldehydes is 1. The van der Waals surface area contributed by atoms with Crippen molar-refractivity contribution in [3.63, 3.8) is 0 Å². The Morgan fingerprint density at radius 2 is 2.00 bits per heavy atom. The molecule has 0 saturated heterocycles. The number of carbonyl (C=O) groups is 1. The van der Waals surface area contributed by atoms with Gasteiger partial charge >= 0.3 is 0 Å².